The predicted octanol–water partition coefficient (Wildman–Crippen LogP) is 0.757. The highest BCUT2D eigenvalue weighted by Gasteiger charge is 2.34. The van der Waals surface area contributed by atoms with Crippen molar-refractivity contribution in [2.24, 2.45) is 0 Å². The van der Waals surface area contributed by atoms with Gasteiger partial charge >= 0.3 is 0 Å². The van der Waals surface area contributed by atoms with Crippen LogP contribution in [0.25, 0.3) is 0 Å². The minimum absolute atomic E-state index is 0.00936. The highest BCUT2D eigenvalue weighted by molar-refractivity contribution is 5.79. The molecule has 2 heterocycles. The number of carbonyl (C=O) groups excluding carboxylic acids is 1. The zero-order chi connectivity index (χ0) is 13.3. The molecule has 0 saturated carbocycles. The first kappa shape index (κ1) is 12.8. The van der Waals surface area contributed by atoms with E-state index in [4.69, 9.17) is 10.5 Å². The molecule has 0 aliphatic carbocycles. The van der Waals surface area contributed by atoms with E-state index in [0.717, 1.165) is 5.56 Å². The molecule has 18 heavy (non-hydrogen) atoms. The van der Waals surface area contributed by atoms with E-state index in [2.05, 4.69) is 9.97 Å². The van der Waals surface area contributed by atoms with E-state index >= 15 is 0 Å². The molecule has 0 aromatic carbocycles. The molecule has 1 aromatic heterocycles. The second-order valence-corrected chi connectivity index (χ2v) is 5.35. The van der Waals surface area contributed by atoms with Crippen molar-refractivity contribution in [3.05, 3.63) is 18.0 Å². The maximum absolute atomic E-state index is 11.8. The summed E-state index contributed by atoms with van der Waals surface area (Å²) >= 11 is 0. The Labute approximate surface area is 106 Å². The molecule has 1 saturated heterocycles. The Hall–Kier alpha value is -1.69. The number of hydrogen-bond donors (Lipinski definition) is 1. The lowest BCUT2D eigenvalue weighted by molar-refractivity contribution is -0.156. The molecule has 2 N–H and O–H groups in total. The number of rotatable bonds is 1. The topological polar surface area (TPSA) is 81.3 Å². The molecular weight excluding hydrogens is 232 g/mol. The maximum atomic E-state index is 11.8. The molecule has 1 fully saturated rings. The molecule has 1 unspecified atom stereocenters. The van der Waals surface area contributed by atoms with Crippen LogP contribution >= 0.6 is 0 Å². The molecular formula is C12H18N4O2. The molecule has 6 heteroatoms. The van der Waals surface area contributed by atoms with Crippen molar-refractivity contribution in [1.82, 2.24) is 14.9 Å². The maximum Gasteiger partial charge on any atom is 0.249 e. The van der Waals surface area contributed by atoms with E-state index in [1.54, 1.807) is 12.4 Å². The van der Waals surface area contributed by atoms with Gasteiger partial charge in [0.1, 0.15) is 12.7 Å². The normalized spacial score (nSPS) is 21.2. The zero-order valence-electron chi connectivity index (χ0n) is 10.9. The van der Waals surface area contributed by atoms with Crippen LogP contribution in [0.1, 0.15) is 32.4 Å². The fourth-order valence-corrected chi connectivity index (χ4v) is 1.93. The second-order valence-electron chi connectivity index (χ2n) is 5.35. The minimum atomic E-state index is -0.215. The smallest absolute Gasteiger partial charge is 0.249 e. The predicted molar refractivity (Wildman–Crippen MR) is 66.6 cm³/mol. The molecule has 0 spiro atoms. The van der Waals surface area contributed by atoms with Gasteiger partial charge in [0.15, 0.2) is 0 Å². The van der Waals surface area contributed by atoms with E-state index in [1.165, 1.54) is 0 Å². The number of carbonyl (C=O) groups is 1. The van der Waals surface area contributed by atoms with Crippen molar-refractivity contribution in [2.45, 2.75) is 32.4 Å². The number of nitrogen functional groups attached to an aromatic ring is 1. The van der Waals surface area contributed by atoms with Crippen molar-refractivity contribution in [1.29, 1.82) is 0 Å². The highest BCUT2D eigenvalue weighted by atomic mass is 16.5. The summed E-state index contributed by atoms with van der Waals surface area (Å²) in [6.45, 7) is 6.62. The summed E-state index contributed by atoms with van der Waals surface area (Å²) in [5.74, 6) is 0.244. The van der Waals surface area contributed by atoms with Gasteiger partial charge in [-0.25, -0.2) is 9.97 Å². The van der Waals surface area contributed by atoms with Crippen molar-refractivity contribution in [3.8, 4) is 0 Å². The number of aromatic nitrogens is 2. The molecule has 0 radical (unpaired) electrons. The summed E-state index contributed by atoms with van der Waals surface area (Å²) in [4.78, 5) is 21.5. The van der Waals surface area contributed by atoms with Crippen molar-refractivity contribution >= 4 is 11.9 Å². The van der Waals surface area contributed by atoms with E-state index in [-0.39, 0.29) is 30.1 Å². The minimum Gasteiger partial charge on any atom is -0.368 e. The Morgan fingerprint density at radius 1 is 1.39 bits per heavy atom. The number of anilines is 1. The van der Waals surface area contributed by atoms with E-state index in [9.17, 15) is 4.79 Å². The number of nitrogens with zero attached hydrogens (tertiary/aromatic N) is 3. The van der Waals surface area contributed by atoms with Gasteiger partial charge in [0.2, 0.25) is 11.9 Å². The first-order chi connectivity index (χ1) is 8.38. The van der Waals surface area contributed by atoms with Gasteiger partial charge in [0, 0.05) is 23.5 Å². The van der Waals surface area contributed by atoms with Crippen LogP contribution in [0.3, 0.4) is 0 Å². The van der Waals surface area contributed by atoms with Gasteiger partial charge in [0.05, 0.1) is 6.54 Å². The van der Waals surface area contributed by atoms with Crippen molar-refractivity contribution in [3.63, 3.8) is 0 Å². The number of hydrogen-bond acceptors (Lipinski definition) is 5. The van der Waals surface area contributed by atoms with Crippen LogP contribution in [-0.2, 0) is 9.53 Å². The first-order valence-corrected chi connectivity index (χ1v) is 5.87. The van der Waals surface area contributed by atoms with Gasteiger partial charge < -0.3 is 15.4 Å². The van der Waals surface area contributed by atoms with Gasteiger partial charge in [0.25, 0.3) is 0 Å². The van der Waals surface area contributed by atoms with Crippen LogP contribution in [-0.4, -0.2) is 39.5 Å². The Morgan fingerprint density at radius 3 is 2.56 bits per heavy atom. The van der Waals surface area contributed by atoms with E-state index < -0.39 is 0 Å². The summed E-state index contributed by atoms with van der Waals surface area (Å²) in [7, 11) is 0. The summed E-state index contributed by atoms with van der Waals surface area (Å²) < 4.78 is 5.53. The Balaban J connectivity index is 2.17. The molecule has 2 rings (SSSR count). The summed E-state index contributed by atoms with van der Waals surface area (Å²) in [5.41, 5.74) is 6.07. The van der Waals surface area contributed by atoms with Crippen LogP contribution in [0.4, 0.5) is 5.95 Å². The number of morpholine rings is 1. The quantitative estimate of drug-likeness (QED) is 0.795. The summed E-state index contributed by atoms with van der Waals surface area (Å²) in [6, 6.07) is 0. The van der Waals surface area contributed by atoms with Crippen molar-refractivity contribution < 1.29 is 9.53 Å². The monoisotopic (exact) mass is 250 g/mol. The lowest BCUT2D eigenvalue weighted by Gasteiger charge is -2.41. The third-order valence-electron chi connectivity index (χ3n) is 2.93. The molecule has 1 amide bonds. The van der Waals surface area contributed by atoms with E-state index in [0.29, 0.717) is 6.54 Å². The van der Waals surface area contributed by atoms with Crippen LogP contribution in [0, 0.1) is 0 Å². The standard InChI is InChI=1S/C12H18N4O2/c1-12(2,3)16-6-9(18-7-10(16)17)8-4-14-11(13)15-5-8/h4-5,9H,6-7H2,1-3H3,(H2,13,14,15). The molecule has 1 aromatic rings. The fraction of sp³-hybridized carbons (Fsp3) is 0.583. The zero-order valence-corrected chi connectivity index (χ0v) is 10.9. The highest BCUT2D eigenvalue weighted by Crippen LogP contribution is 2.26. The van der Waals surface area contributed by atoms with Crippen molar-refractivity contribution in [2.75, 3.05) is 18.9 Å². The Morgan fingerprint density at radius 2 is 2.00 bits per heavy atom. The molecule has 1 atom stereocenters. The first-order valence-electron chi connectivity index (χ1n) is 5.87. The van der Waals surface area contributed by atoms with Gasteiger partial charge in [-0.3, -0.25) is 4.79 Å². The fourth-order valence-electron chi connectivity index (χ4n) is 1.93. The molecule has 98 valence electrons. The number of amides is 1. The van der Waals surface area contributed by atoms with Gasteiger partial charge in [-0.05, 0) is 20.8 Å². The van der Waals surface area contributed by atoms with E-state index in [1.807, 2.05) is 25.7 Å². The lowest BCUT2D eigenvalue weighted by atomic mass is 10.0. The van der Waals surface area contributed by atoms with Gasteiger partial charge in [-0.2, -0.15) is 0 Å². The summed E-state index contributed by atoms with van der Waals surface area (Å²) in [5, 5.41) is 0. The van der Waals surface area contributed by atoms with Crippen LogP contribution in [0.5, 0.6) is 0 Å². The third-order valence-corrected chi connectivity index (χ3v) is 2.93. The van der Waals surface area contributed by atoms with Crippen LogP contribution in [0.2, 0.25) is 0 Å². The molecule has 1 aliphatic rings. The third kappa shape index (κ3) is 2.59. The number of ether oxygens (including phenoxy) is 1. The second kappa shape index (κ2) is 4.53. The van der Waals surface area contributed by atoms with Crippen LogP contribution in [0.15, 0.2) is 12.4 Å². The molecule has 1 aliphatic heterocycles. The number of nitrogens with two attached hydrogens (primary N) is 1. The van der Waals surface area contributed by atoms with Gasteiger partial charge in [-0.1, -0.05) is 0 Å². The Kier molecular flexibility index (Phi) is 3.21. The average Bonchev–Trinajstić information content (AvgIpc) is 2.29. The average molecular weight is 250 g/mol. The lowest BCUT2D eigenvalue weighted by Crippen LogP contribution is -2.52. The summed E-state index contributed by atoms with van der Waals surface area (Å²) in [6.07, 6.45) is 3.09. The largest absolute Gasteiger partial charge is 0.368 e. The SMILES string of the molecule is CC(C)(C)N1CC(c2cnc(N)nc2)OCC1=O. The van der Waals surface area contributed by atoms with Crippen LogP contribution < -0.4 is 5.73 Å². The Bertz CT molecular complexity index is 438. The molecule has 6 nitrogen and oxygen atoms in total. The van der Waals surface area contributed by atoms with Gasteiger partial charge in [-0.15, -0.1) is 0 Å². The molecule has 0 bridgehead atoms.